The standard InChI is InChI=1S/C38H48N4O10S.C31H34N4O7S.C29H30N4O6S/c1-39-37(43)33-8-3-4-9-36(33)53-31-11-12-32-34(13-10-30-7-5-6-14-40-30)41-42(35(32)29-31)38(44)52-28-27-51-26-25-50-24-23-49-22-21-48-20-19-47-18-17-46-16-15-45-2;1-32-30(37)26-7-2-3-8-29(26)43-24-10-11-25-27(12-9-23-6-4-5-13-33-23)34-35(28(25)22-24)31(38)42-21-20-41-19-18-40-17-16-39-15-14-36;1-30-28(35)24-7-2-3-8-27(24)40-22-10-11-23-25(12-9-21-6-4-5-13-31-21)32-33(26(23)20-22)29(36)39-19-18-38-17-16-37-15-14-34/h3-14,29H,15-28H2,1-2H3,(H,39,43);2-13,22,36H,14-21H2,1H3,(H,32,37);2-13,20,34H,14-19H2,1H3,(H,30,35)/b13-10+;2*12-9+. The predicted octanol–water partition coefficient (Wildman–Crippen LogP) is 13.1. The molecule has 12 aromatic rings. The number of aliphatic hydroxyl groups is 2. The van der Waals surface area contributed by atoms with Crippen molar-refractivity contribution < 1.29 is 110 Å². The molecule has 35 nitrogen and oxygen atoms in total. The Kier molecular flexibility index (Phi) is 47.9. The maximum Gasteiger partial charge on any atom is 0.435 e. The average molecular weight is 1920 g/mol. The molecule has 3 amide bonds. The molecule has 0 atom stereocenters. The summed E-state index contributed by atoms with van der Waals surface area (Å²) >= 11 is 4.25. The largest absolute Gasteiger partial charge is 0.445 e. The van der Waals surface area contributed by atoms with Gasteiger partial charge in [-0.1, -0.05) is 89.9 Å². The van der Waals surface area contributed by atoms with E-state index in [2.05, 4.69) is 46.2 Å². The zero-order chi connectivity index (χ0) is 95.8. The van der Waals surface area contributed by atoms with Crippen LogP contribution < -0.4 is 16.0 Å². The number of nitrogens with zero attached hydrogens (tertiary/aromatic N) is 9. The first kappa shape index (κ1) is 106. The van der Waals surface area contributed by atoms with Gasteiger partial charge in [-0.05, 0) is 164 Å². The summed E-state index contributed by atoms with van der Waals surface area (Å²) in [4.78, 5) is 94.4. The van der Waals surface area contributed by atoms with Crippen molar-refractivity contribution in [1.29, 1.82) is 0 Å². The van der Waals surface area contributed by atoms with E-state index in [-0.39, 0.29) is 83.8 Å². The molecule has 0 bridgehead atoms. The van der Waals surface area contributed by atoms with E-state index in [1.54, 1.807) is 77.2 Å². The van der Waals surface area contributed by atoms with Crippen LogP contribution in [0.4, 0.5) is 14.4 Å². The van der Waals surface area contributed by atoms with Crippen molar-refractivity contribution in [3.8, 4) is 0 Å². The number of pyridine rings is 3. The third-order valence-electron chi connectivity index (χ3n) is 18.9. The van der Waals surface area contributed by atoms with Crippen molar-refractivity contribution in [3.05, 3.63) is 251 Å². The maximum atomic E-state index is 13.3. The van der Waals surface area contributed by atoms with Crippen molar-refractivity contribution in [2.24, 2.45) is 0 Å². The summed E-state index contributed by atoms with van der Waals surface area (Å²) < 4.78 is 84.3. The van der Waals surface area contributed by atoms with E-state index < -0.39 is 18.3 Å². The molecule has 5 N–H and O–H groups in total. The summed E-state index contributed by atoms with van der Waals surface area (Å²) in [5.41, 5.74) is 7.36. The maximum absolute atomic E-state index is 13.3. The molecule has 0 aliphatic carbocycles. The topological polar surface area (TPSA) is 410 Å². The number of aliphatic hydroxyl groups excluding tert-OH is 2. The van der Waals surface area contributed by atoms with E-state index in [1.807, 2.05) is 188 Å². The molecule has 0 radical (unpaired) electrons. The number of hydrogen-bond donors (Lipinski definition) is 5. The smallest absolute Gasteiger partial charge is 0.435 e. The fourth-order valence-electron chi connectivity index (χ4n) is 12.3. The highest BCUT2D eigenvalue weighted by Crippen LogP contribution is 2.38. The molecule has 6 aromatic heterocycles. The van der Waals surface area contributed by atoms with E-state index in [1.165, 1.54) is 49.3 Å². The molecule has 0 saturated carbocycles. The van der Waals surface area contributed by atoms with E-state index in [9.17, 15) is 28.8 Å². The lowest BCUT2D eigenvalue weighted by Gasteiger charge is -2.09. The van der Waals surface area contributed by atoms with Crippen LogP contribution in [0, 0.1) is 0 Å². The second-order valence-electron chi connectivity index (χ2n) is 28.2. The molecule has 0 aliphatic rings. The lowest BCUT2D eigenvalue weighted by molar-refractivity contribution is -0.0205. The molecular formula is C98H112N12O23S3. The number of carbonyl (C=O) groups is 6. The van der Waals surface area contributed by atoms with Gasteiger partial charge in [0.05, 0.1) is 233 Å². The SMILES string of the molecule is CNC(=O)c1ccccc1Sc1ccc2c(/C=C/c3ccccn3)nn(C(=O)OCCOCCOCCO)c2c1.CNC(=O)c1ccccc1Sc1ccc2c(/C=C/c3ccccn3)nn(C(=O)OCCOCCOCCOCCO)c2c1.CNC(=O)c1ccccc1Sc1ccc2c(/C=C/c3ccccn3)nn(C(=O)OCCOCCOCCOCCOCCOCCOCCOC)c2c1. The van der Waals surface area contributed by atoms with Gasteiger partial charge < -0.3 is 97.2 Å². The van der Waals surface area contributed by atoms with Crippen LogP contribution in [0.1, 0.15) is 65.2 Å². The summed E-state index contributed by atoms with van der Waals surface area (Å²) in [7, 11) is 6.42. The number of amides is 3. The number of ether oxygens (including phenoxy) is 15. The van der Waals surface area contributed by atoms with E-state index in [0.29, 0.717) is 169 Å². The third kappa shape index (κ3) is 35.8. The van der Waals surface area contributed by atoms with Crippen LogP contribution in [0.25, 0.3) is 69.2 Å². The number of nitrogens with one attached hydrogen (secondary N) is 3. The van der Waals surface area contributed by atoms with Gasteiger partial charge in [0.15, 0.2) is 0 Å². The second kappa shape index (κ2) is 61.7. The minimum Gasteiger partial charge on any atom is -0.445 e. The van der Waals surface area contributed by atoms with Gasteiger partial charge in [0.25, 0.3) is 17.7 Å². The number of fused-ring (bicyclic) bond motifs is 3. The Hall–Kier alpha value is -12.3. The zero-order valence-corrected chi connectivity index (χ0v) is 78.5. The Balaban J connectivity index is 0.000000213. The van der Waals surface area contributed by atoms with Gasteiger partial charge in [-0.2, -0.15) is 29.3 Å². The molecule has 0 saturated heterocycles. The van der Waals surface area contributed by atoms with E-state index in [4.69, 9.17) is 81.3 Å². The van der Waals surface area contributed by atoms with Crippen LogP contribution in [-0.4, -0.2) is 304 Å². The van der Waals surface area contributed by atoms with E-state index >= 15 is 0 Å². The Labute approximate surface area is 800 Å². The van der Waals surface area contributed by atoms with Gasteiger partial charge >= 0.3 is 18.3 Å². The molecule has 0 unspecified atom stereocenters. The Morgan fingerprint density at radius 2 is 0.544 bits per heavy atom. The summed E-state index contributed by atoms with van der Waals surface area (Å²) in [5.74, 6) is -0.540. The monoisotopic (exact) mass is 1920 g/mol. The number of aromatic nitrogens is 9. The predicted molar refractivity (Wildman–Crippen MR) is 516 cm³/mol. The van der Waals surface area contributed by atoms with Crippen LogP contribution in [-0.2, 0) is 71.1 Å². The summed E-state index contributed by atoms with van der Waals surface area (Å²) in [6, 6.07) is 55.9. The molecule has 6 aromatic carbocycles. The van der Waals surface area contributed by atoms with Crippen molar-refractivity contribution in [2.75, 3.05) is 213 Å². The molecule has 12 rings (SSSR count). The molecule has 720 valence electrons. The zero-order valence-electron chi connectivity index (χ0n) is 76.0. The number of rotatable bonds is 55. The first-order valence-corrected chi connectivity index (χ1v) is 46.2. The molecule has 6 heterocycles. The average Bonchev–Trinajstić information content (AvgIpc) is 1.63. The fraction of sp³-hybridized carbons (Fsp3) is 0.327. The highest BCUT2D eigenvalue weighted by atomic mass is 32.2. The number of hydrogen-bond acceptors (Lipinski definition) is 32. The lowest BCUT2D eigenvalue weighted by atomic mass is 10.2. The Morgan fingerprint density at radius 1 is 0.301 bits per heavy atom. The normalized spacial score (nSPS) is 11.3. The molecule has 0 spiro atoms. The quantitative estimate of drug-likeness (QED) is 0.0175. The highest BCUT2D eigenvalue weighted by Gasteiger charge is 2.23. The number of carbonyl (C=O) groups excluding carboxylic acids is 6. The molecular weight excluding hydrogens is 1810 g/mol. The van der Waals surface area contributed by atoms with Crippen LogP contribution in [0.3, 0.4) is 0 Å². The summed E-state index contributed by atoms with van der Waals surface area (Å²) in [5, 5.41) is 41.3. The first-order valence-electron chi connectivity index (χ1n) is 43.7. The van der Waals surface area contributed by atoms with Crippen molar-refractivity contribution in [3.63, 3.8) is 0 Å². The lowest BCUT2D eigenvalue weighted by Crippen LogP contribution is -2.19. The third-order valence-corrected chi connectivity index (χ3v) is 22.1. The van der Waals surface area contributed by atoms with Gasteiger partial charge in [0.2, 0.25) is 0 Å². The van der Waals surface area contributed by atoms with Crippen LogP contribution in [0.15, 0.2) is 230 Å². The van der Waals surface area contributed by atoms with Gasteiger partial charge in [-0.15, -0.1) is 0 Å². The molecule has 136 heavy (non-hydrogen) atoms. The van der Waals surface area contributed by atoms with Crippen LogP contribution in [0.2, 0.25) is 0 Å². The fourth-order valence-corrected chi connectivity index (χ4v) is 15.3. The first-order chi connectivity index (χ1) is 66.8. The van der Waals surface area contributed by atoms with Gasteiger partial charge in [-0.25, -0.2) is 14.4 Å². The minimum atomic E-state index is -0.643. The van der Waals surface area contributed by atoms with Gasteiger partial charge in [-0.3, -0.25) is 29.3 Å². The van der Waals surface area contributed by atoms with Crippen LogP contribution >= 0.6 is 35.3 Å². The molecule has 38 heteroatoms. The highest BCUT2D eigenvalue weighted by molar-refractivity contribution is 8.00. The minimum absolute atomic E-state index is 0.0207. The Morgan fingerprint density at radius 3 is 0.787 bits per heavy atom. The van der Waals surface area contributed by atoms with Crippen molar-refractivity contribution in [2.45, 2.75) is 29.4 Å². The van der Waals surface area contributed by atoms with Crippen LogP contribution in [0.5, 0.6) is 0 Å². The van der Waals surface area contributed by atoms with Gasteiger partial charge in [0.1, 0.15) is 19.8 Å². The molecule has 0 fully saturated rings. The molecule has 0 aliphatic heterocycles. The van der Waals surface area contributed by atoms with Gasteiger partial charge in [0, 0.05) is 92.4 Å². The van der Waals surface area contributed by atoms with Crippen molar-refractivity contribution >= 4 is 140 Å². The Bertz CT molecular complexity index is 5760. The van der Waals surface area contributed by atoms with Crippen molar-refractivity contribution in [1.82, 2.24) is 60.2 Å². The second-order valence-corrected chi connectivity index (χ2v) is 31.6. The number of methoxy groups -OCH3 is 1. The van der Waals surface area contributed by atoms with E-state index in [0.717, 1.165) is 62.6 Å². The summed E-state index contributed by atoms with van der Waals surface area (Å²) in [6.45, 7) is 9.00. The number of benzene rings is 6. The summed E-state index contributed by atoms with van der Waals surface area (Å²) in [6.07, 6.45) is 14.1.